The molecular formula is C14H16N4S. The lowest BCUT2D eigenvalue weighted by Crippen LogP contribution is -1.98. The number of H-pyrrole nitrogens is 1. The van der Waals surface area contributed by atoms with Crippen molar-refractivity contribution in [3.63, 3.8) is 0 Å². The molecule has 0 amide bonds. The molecule has 0 aliphatic heterocycles. The number of para-hydroxylation sites is 1. The van der Waals surface area contributed by atoms with Gasteiger partial charge in [0.15, 0.2) is 0 Å². The number of nitrogens with one attached hydrogen (secondary N) is 2. The smallest absolute Gasteiger partial charge is 0.205 e. The van der Waals surface area contributed by atoms with Gasteiger partial charge in [0.05, 0.1) is 0 Å². The van der Waals surface area contributed by atoms with E-state index in [2.05, 4.69) is 51.8 Å². The fourth-order valence-corrected chi connectivity index (χ4v) is 2.86. The summed E-state index contributed by atoms with van der Waals surface area (Å²) in [5, 5.41) is 14.9. The van der Waals surface area contributed by atoms with E-state index in [9.17, 15) is 0 Å². The summed E-state index contributed by atoms with van der Waals surface area (Å²) in [5.74, 6) is 0. The van der Waals surface area contributed by atoms with Gasteiger partial charge in [0.1, 0.15) is 5.01 Å². The third kappa shape index (κ3) is 2.61. The average molecular weight is 272 g/mol. The fourth-order valence-electron chi connectivity index (χ4n) is 2.07. The van der Waals surface area contributed by atoms with Gasteiger partial charge in [-0.1, -0.05) is 36.5 Å². The molecule has 2 N–H and O–H groups in total. The minimum atomic E-state index is 0.829. The maximum absolute atomic E-state index is 4.24. The summed E-state index contributed by atoms with van der Waals surface area (Å²) in [7, 11) is 0. The molecule has 19 heavy (non-hydrogen) atoms. The Morgan fingerprint density at radius 2 is 2.16 bits per heavy atom. The van der Waals surface area contributed by atoms with Gasteiger partial charge in [-0.3, -0.25) is 0 Å². The number of nitrogens with zero attached hydrogens (tertiary/aromatic N) is 2. The Balaban J connectivity index is 1.79. The fraction of sp³-hybridized carbons (Fsp3) is 0.286. The Hall–Kier alpha value is -1.88. The van der Waals surface area contributed by atoms with Gasteiger partial charge >= 0.3 is 0 Å². The topological polar surface area (TPSA) is 53.6 Å². The highest BCUT2D eigenvalue weighted by Crippen LogP contribution is 2.23. The molecule has 98 valence electrons. The minimum Gasteiger partial charge on any atom is -0.361 e. The van der Waals surface area contributed by atoms with Gasteiger partial charge in [-0.2, -0.15) is 0 Å². The van der Waals surface area contributed by atoms with Crippen molar-refractivity contribution in [1.82, 2.24) is 15.2 Å². The largest absolute Gasteiger partial charge is 0.361 e. The van der Waals surface area contributed by atoms with Gasteiger partial charge in [-0.25, -0.2) is 0 Å². The zero-order valence-electron chi connectivity index (χ0n) is 10.8. The van der Waals surface area contributed by atoms with Crippen LogP contribution in [0, 0.1) is 0 Å². The van der Waals surface area contributed by atoms with E-state index in [-0.39, 0.29) is 0 Å². The maximum Gasteiger partial charge on any atom is 0.205 e. The summed E-state index contributed by atoms with van der Waals surface area (Å²) < 4.78 is 0. The van der Waals surface area contributed by atoms with Crippen LogP contribution in [0.25, 0.3) is 10.9 Å². The second-order valence-corrected chi connectivity index (χ2v) is 5.53. The molecule has 0 spiro atoms. The number of benzene rings is 1. The summed E-state index contributed by atoms with van der Waals surface area (Å²) in [6.07, 6.45) is 3.98. The van der Waals surface area contributed by atoms with Crippen molar-refractivity contribution in [3.05, 3.63) is 41.0 Å². The second kappa shape index (κ2) is 5.40. The van der Waals surface area contributed by atoms with Crippen LogP contribution >= 0.6 is 11.3 Å². The zero-order chi connectivity index (χ0) is 13.1. The van der Waals surface area contributed by atoms with Crippen LogP contribution in [-0.2, 0) is 6.42 Å². The zero-order valence-corrected chi connectivity index (χ0v) is 11.6. The van der Waals surface area contributed by atoms with E-state index in [1.54, 1.807) is 11.3 Å². The Bertz CT molecular complexity index is 671. The highest BCUT2D eigenvalue weighted by Gasteiger charge is 2.08. The third-order valence-corrected chi connectivity index (χ3v) is 3.89. The van der Waals surface area contributed by atoms with E-state index in [1.165, 1.54) is 16.5 Å². The van der Waals surface area contributed by atoms with Crippen LogP contribution < -0.4 is 5.32 Å². The predicted molar refractivity (Wildman–Crippen MR) is 79.8 cm³/mol. The molecule has 5 heteroatoms. The number of anilines is 1. The second-order valence-electron chi connectivity index (χ2n) is 4.46. The molecule has 0 atom stereocenters. The predicted octanol–water partition coefficient (Wildman–Crippen LogP) is 3.43. The molecule has 2 aromatic heterocycles. The lowest BCUT2D eigenvalue weighted by molar-refractivity contribution is 0.953. The summed E-state index contributed by atoms with van der Waals surface area (Å²) in [4.78, 5) is 3.29. The molecule has 0 fully saturated rings. The molecule has 0 radical (unpaired) electrons. The summed E-state index contributed by atoms with van der Waals surface area (Å²) >= 11 is 1.63. The van der Waals surface area contributed by atoms with Gasteiger partial charge in [0.2, 0.25) is 5.13 Å². The highest BCUT2D eigenvalue weighted by atomic mass is 32.1. The Morgan fingerprint density at radius 1 is 1.26 bits per heavy atom. The highest BCUT2D eigenvalue weighted by molar-refractivity contribution is 7.15. The number of hydrogen-bond donors (Lipinski definition) is 2. The molecule has 0 aliphatic carbocycles. The lowest BCUT2D eigenvalue weighted by atomic mass is 10.1. The SMILES string of the molecule is CCCNc1nnc(Cc2c[nH]c3ccccc23)s1. The average Bonchev–Trinajstić information content (AvgIpc) is 3.05. The molecule has 0 bridgehead atoms. The Labute approximate surface area is 115 Å². The van der Waals surface area contributed by atoms with Crippen molar-refractivity contribution in [2.24, 2.45) is 0 Å². The molecule has 2 heterocycles. The van der Waals surface area contributed by atoms with Crippen molar-refractivity contribution in [1.29, 1.82) is 0 Å². The van der Waals surface area contributed by atoms with Crippen LogP contribution in [0.2, 0.25) is 0 Å². The van der Waals surface area contributed by atoms with E-state index >= 15 is 0 Å². The number of aromatic amines is 1. The van der Waals surface area contributed by atoms with Crippen molar-refractivity contribution in [2.75, 3.05) is 11.9 Å². The van der Waals surface area contributed by atoms with Gasteiger partial charge in [0, 0.05) is 30.1 Å². The van der Waals surface area contributed by atoms with Gasteiger partial charge in [-0.15, -0.1) is 10.2 Å². The summed E-state index contributed by atoms with van der Waals surface area (Å²) in [5.41, 5.74) is 2.44. The number of rotatable bonds is 5. The van der Waals surface area contributed by atoms with Crippen LogP contribution in [0.15, 0.2) is 30.5 Å². The number of fused-ring (bicyclic) bond motifs is 1. The number of hydrogen-bond acceptors (Lipinski definition) is 4. The van der Waals surface area contributed by atoms with Crippen LogP contribution in [0.3, 0.4) is 0 Å². The molecule has 0 saturated heterocycles. The molecule has 1 aromatic carbocycles. The first-order chi connectivity index (χ1) is 9.36. The number of aromatic nitrogens is 3. The third-order valence-electron chi connectivity index (χ3n) is 3.01. The van der Waals surface area contributed by atoms with Crippen molar-refractivity contribution in [3.8, 4) is 0 Å². The Kier molecular flexibility index (Phi) is 3.46. The van der Waals surface area contributed by atoms with E-state index in [0.29, 0.717) is 0 Å². The van der Waals surface area contributed by atoms with Gasteiger partial charge < -0.3 is 10.3 Å². The molecule has 4 nitrogen and oxygen atoms in total. The van der Waals surface area contributed by atoms with Crippen LogP contribution in [0.4, 0.5) is 5.13 Å². The van der Waals surface area contributed by atoms with Crippen LogP contribution in [-0.4, -0.2) is 21.7 Å². The standard InChI is InChI=1S/C14H16N4S/c1-2-7-15-14-18-17-13(19-14)8-10-9-16-12-6-4-3-5-11(10)12/h3-6,9,16H,2,7-8H2,1H3,(H,15,18). The molecule has 0 unspecified atom stereocenters. The monoisotopic (exact) mass is 272 g/mol. The minimum absolute atomic E-state index is 0.829. The van der Waals surface area contributed by atoms with E-state index < -0.39 is 0 Å². The van der Waals surface area contributed by atoms with E-state index in [1.807, 2.05) is 6.07 Å². The molecule has 0 aliphatic rings. The van der Waals surface area contributed by atoms with Crippen molar-refractivity contribution in [2.45, 2.75) is 19.8 Å². The lowest BCUT2D eigenvalue weighted by Gasteiger charge is -1.96. The maximum atomic E-state index is 4.24. The summed E-state index contributed by atoms with van der Waals surface area (Å²) in [6.45, 7) is 3.09. The molecule has 0 saturated carbocycles. The Morgan fingerprint density at radius 3 is 3.05 bits per heavy atom. The van der Waals surface area contributed by atoms with E-state index in [4.69, 9.17) is 0 Å². The normalized spacial score (nSPS) is 11.0. The first kappa shape index (κ1) is 12.2. The first-order valence-electron chi connectivity index (χ1n) is 6.48. The quantitative estimate of drug-likeness (QED) is 0.748. The van der Waals surface area contributed by atoms with Crippen LogP contribution in [0.1, 0.15) is 23.9 Å². The summed E-state index contributed by atoms with van der Waals surface area (Å²) in [6, 6.07) is 8.33. The van der Waals surface area contributed by atoms with Crippen LogP contribution in [0.5, 0.6) is 0 Å². The first-order valence-corrected chi connectivity index (χ1v) is 7.29. The van der Waals surface area contributed by atoms with Gasteiger partial charge in [-0.05, 0) is 18.1 Å². The van der Waals surface area contributed by atoms with Crippen molar-refractivity contribution >= 4 is 27.4 Å². The van der Waals surface area contributed by atoms with Gasteiger partial charge in [0.25, 0.3) is 0 Å². The molecular weight excluding hydrogens is 256 g/mol. The van der Waals surface area contributed by atoms with E-state index in [0.717, 1.165) is 29.5 Å². The van der Waals surface area contributed by atoms with Crippen molar-refractivity contribution < 1.29 is 0 Å². The molecule has 3 rings (SSSR count). The molecule has 3 aromatic rings.